The number of nitrogens with zero attached hydrogens (tertiary/aromatic N) is 4. The van der Waals surface area contributed by atoms with Crippen LogP contribution in [0.1, 0.15) is 62.0 Å². The number of fused-ring (bicyclic) bond motifs is 1. The summed E-state index contributed by atoms with van der Waals surface area (Å²) in [5.41, 5.74) is 1.92. The Kier molecular flexibility index (Phi) is 8.44. The first-order valence-electron chi connectivity index (χ1n) is 12.0. The summed E-state index contributed by atoms with van der Waals surface area (Å²) in [6.45, 7) is 8.63. The van der Waals surface area contributed by atoms with Gasteiger partial charge >= 0.3 is 0 Å². The molecule has 1 aliphatic rings. The molecule has 3 aromatic rings. The van der Waals surface area contributed by atoms with Crippen LogP contribution in [0.5, 0.6) is 5.75 Å². The molecular weight excluding hydrogens is 549 g/mol. The van der Waals surface area contributed by atoms with Crippen LogP contribution in [-0.2, 0) is 24.7 Å². The van der Waals surface area contributed by atoms with Crippen molar-refractivity contribution in [3.8, 4) is 11.8 Å². The van der Waals surface area contributed by atoms with Gasteiger partial charge < -0.3 is 14.6 Å². The Bertz CT molecular complexity index is 1360. The van der Waals surface area contributed by atoms with Crippen LogP contribution in [0.25, 0.3) is 0 Å². The van der Waals surface area contributed by atoms with E-state index in [-0.39, 0.29) is 17.1 Å². The van der Waals surface area contributed by atoms with Gasteiger partial charge in [0, 0.05) is 23.0 Å². The van der Waals surface area contributed by atoms with Gasteiger partial charge in [0.25, 0.3) is 0 Å². The lowest BCUT2D eigenvalue weighted by molar-refractivity contribution is -0.113. The van der Waals surface area contributed by atoms with Gasteiger partial charge in [0.05, 0.1) is 16.3 Å². The molecule has 0 bridgehead atoms. The summed E-state index contributed by atoms with van der Waals surface area (Å²) < 4.78 is 7.74. The van der Waals surface area contributed by atoms with Gasteiger partial charge in [-0.3, -0.25) is 4.79 Å². The van der Waals surface area contributed by atoms with E-state index in [1.165, 1.54) is 28.0 Å². The Morgan fingerprint density at radius 2 is 2.14 bits per heavy atom. The number of rotatable bonds is 7. The predicted octanol–water partition coefficient (Wildman–Crippen LogP) is 7.08. The molecule has 37 heavy (non-hydrogen) atoms. The van der Waals surface area contributed by atoms with Gasteiger partial charge in [-0.25, -0.2) is 0 Å². The van der Waals surface area contributed by atoms with E-state index in [0.29, 0.717) is 43.3 Å². The second-order valence-corrected chi connectivity index (χ2v) is 13.1. The Morgan fingerprint density at radius 1 is 1.38 bits per heavy atom. The normalized spacial score (nSPS) is 16.1. The molecule has 1 amide bonds. The number of benzene rings is 1. The van der Waals surface area contributed by atoms with Crippen molar-refractivity contribution >= 4 is 57.2 Å². The molecule has 0 saturated carbocycles. The van der Waals surface area contributed by atoms with Crippen LogP contribution in [-0.4, -0.2) is 26.4 Å². The summed E-state index contributed by atoms with van der Waals surface area (Å²) in [4.78, 5) is 14.0. The van der Waals surface area contributed by atoms with E-state index in [1.807, 2.05) is 14.0 Å². The van der Waals surface area contributed by atoms with Gasteiger partial charge in [-0.1, -0.05) is 55.7 Å². The van der Waals surface area contributed by atoms with Crippen LogP contribution in [0.2, 0.25) is 10.0 Å². The van der Waals surface area contributed by atoms with Crippen molar-refractivity contribution in [3.63, 3.8) is 0 Å². The van der Waals surface area contributed by atoms with Gasteiger partial charge in [0.1, 0.15) is 16.8 Å². The number of amides is 1. The lowest BCUT2D eigenvalue weighted by atomic mass is 9.72. The van der Waals surface area contributed by atoms with Crippen LogP contribution < -0.4 is 10.1 Å². The summed E-state index contributed by atoms with van der Waals surface area (Å²) >= 11 is 15.1. The molecule has 196 valence electrons. The fraction of sp³-hybridized carbons (Fsp3) is 0.462. The molecule has 1 aromatic carbocycles. The number of halogens is 2. The molecule has 0 spiro atoms. The third-order valence-corrected chi connectivity index (χ3v) is 9.35. The Balaban J connectivity index is 1.39. The number of thiophene rings is 1. The molecule has 1 N–H and O–H groups in total. The molecule has 4 rings (SSSR count). The summed E-state index contributed by atoms with van der Waals surface area (Å²) in [7, 11) is 1.82. The number of thioether (sulfide) groups is 1. The number of aromatic nitrogens is 3. The van der Waals surface area contributed by atoms with Gasteiger partial charge in [-0.05, 0) is 55.2 Å². The lowest BCUT2D eigenvalue weighted by Crippen LogP contribution is -2.26. The third kappa shape index (κ3) is 6.26. The number of nitriles is 1. The Morgan fingerprint density at radius 3 is 2.84 bits per heavy atom. The maximum absolute atomic E-state index is 12.8. The standard InChI is InChI=1S/C26H29Cl2N5O2S2/c1-14(35-20-11-16(27)7-9-19(20)28)23-31-32-25(33(23)5)36-13-22(34)30-24-18(12-29)17-8-6-15(26(2,3)4)10-21(17)37-24/h7,9,11,14-15H,6,8,10,13H2,1-5H3,(H,30,34). The van der Waals surface area contributed by atoms with E-state index < -0.39 is 6.10 Å². The maximum Gasteiger partial charge on any atom is 0.235 e. The van der Waals surface area contributed by atoms with Crippen molar-refractivity contribution in [2.75, 3.05) is 11.1 Å². The van der Waals surface area contributed by atoms with Gasteiger partial charge in [0.15, 0.2) is 17.1 Å². The van der Waals surface area contributed by atoms with Gasteiger partial charge in [-0.2, -0.15) is 5.26 Å². The van der Waals surface area contributed by atoms with Crippen LogP contribution in [0.15, 0.2) is 23.4 Å². The van der Waals surface area contributed by atoms with Crippen molar-refractivity contribution in [2.24, 2.45) is 18.4 Å². The Hall–Kier alpha value is -2.25. The zero-order chi connectivity index (χ0) is 26.9. The SMILES string of the molecule is CC(Oc1cc(Cl)ccc1Cl)c1nnc(SCC(=O)Nc2sc3c(c2C#N)CCC(C(C)(C)C)C3)n1C. The van der Waals surface area contributed by atoms with Crippen molar-refractivity contribution < 1.29 is 9.53 Å². The molecule has 2 heterocycles. The first-order valence-corrected chi connectivity index (χ1v) is 14.5. The summed E-state index contributed by atoms with van der Waals surface area (Å²) in [6, 6.07) is 7.34. The monoisotopic (exact) mass is 577 g/mol. The predicted molar refractivity (Wildman–Crippen MR) is 150 cm³/mol. The van der Waals surface area contributed by atoms with Crippen molar-refractivity contribution in [1.82, 2.24) is 14.8 Å². The average Bonchev–Trinajstić information content (AvgIpc) is 3.38. The first kappa shape index (κ1) is 27.8. The number of ether oxygens (including phenoxy) is 1. The molecule has 0 saturated heterocycles. The van der Waals surface area contributed by atoms with Crippen LogP contribution >= 0.6 is 46.3 Å². The van der Waals surface area contributed by atoms with Crippen molar-refractivity contribution in [2.45, 2.75) is 58.2 Å². The van der Waals surface area contributed by atoms with Gasteiger partial charge in [0.2, 0.25) is 5.91 Å². The summed E-state index contributed by atoms with van der Waals surface area (Å²) in [5.74, 6) is 1.56. The average molecular weight is 579 g/mol. The second-order valence-electron chi connectivity index (χ2n) is 10.2. The highest BCUT2D eigenvalue weighted by atomic mass is 35.5. The third-order valence-electron chi connectivity index (χ3n) is 6.62. The zero-order valence-electron chi connectivity index (χ0n) is 21.4. The molecule has 2 unspecified atom stereocenters. The fourth-order valence-electron chi connectivity index (χ4n) is 4.44. The highest BCUT2D eigenvalue weighted by molar-refractivity contribution is 7.99. The lowest BCUT2D eigenvalue weighted by Gasteiger charge is -2.33. The molecule has 11 heteroatoms. The highest BCUT2D eigenvalue weighted by Crippen LogP contribution is 2.44. The first-order chi connectivity index (χ1) is 17.5. The van der Waals surface area contributed by atoms with Crippen LogP contribution in [0.3, 0.4) is 0 Å². The summed E-state index contributed by atoms with van der Waals surface area (Å²) in [6.07, 6.45) is 2.45. The number of carbonyl (C=O) groups is 1. The molecule has 2 aromatic heterocycles. The number of anilines is 1. The molecule has 7 nitrogen and oxygen atoms in total. The topological polar surface area (TPSA) is 92.8 Å². The molecule has 0 fully saturated rings. The maximum atomic E-state index is 12.8. The smallest absolute Gasteiger partial charge is 0.235 e. The highest BCUT2D eigenvalue weighted by Gasteiger charge is 2.32. The molecule has 0 aliphatic heterocycles. The summed E-state index contributed by atoms with van der Waals surface area (Å²) in [5, 5.41) is 23.4. The quantitative estimate of drug-likeness (QED) is 0.301. The molecule has 0 radical (unpaired) electrons. The van der Waals surface area contributed by atoms with Crippen molar-refractivity contribution in [3.05, 3.63) is 50.1 Å². The van der Waals surface area contributed by atoms with Crippen molar-refractivity contribution in [1.29, 1.82) is 5.26 Å². The Labute approximate surface area is 235 Å². The number of hydrogen-bond donors (Lipinski definition) is 1. The molecule has 1 aliphatic carbocycles. The van der Waals surface area contributed by atoms with E-state index in [1.54, 1.807) is 22.8 Å². The largest absolute Gasteiger partial charge is 0.481 e. The minimum atomic E-state index is -0.441. The van der Waals surface area contributed by atoms with Crippen LogP contribution in [0, 0.1) is 22.7 Å². The van der Waals surface area contributed by atoms with E-state index in [4.69, 9.17) is 27.9 Å². The fourth-order valence-corrected chi connectivity index (χ4v) is 6.78. The van der Waals surface area contributed by atoms with Gasteiger partial charge in [-0.15, -0.1) is 21.5 Å². The molecular formula is C26H29Cl2N5O2S2. The number of nitrogens with one attached hydrogen (secondary N) is 1. The molecule has 2 atom stereocenters. The van der Waals surface area contributed by atoms with E-state index in [9.17, 15) is 10.1 Å². The van der Waals surface area contributed by atoms with E-state index in [2.05, 4.69) is 42.4 Å². The van der Waals surface area contributed by atoms with Crippen LogP contribution in [0.4, 0.5) is 5.00 Å². The minimum absolute atomic E-state index is 0.138. The van der Waals surface area contributed by atoms with E-state index >= 15 is 0 Å². The minimum Gasteiger partial charge on any atom is -0.481 e. The second kappa shape index (κ2) is 11.2. The van der Waals surface area contributed by atoms with E-state index in [0.717, 1.165) is 24.8 Å². The zero-order valence-corrected chi connectivity index (χ0v) is 24.5. The number of carbonyl (C=O) groups excluding carboxylic acids is 1. The number of hydrogen-bond acceptors (Lipinski definition) is 7.